The Kier molecular flexibility index (Phi) is 4.05. The molecule has 2 aromatic rings. The summed E-state index contributed by atoms with van der Waals surface area (Å²) in [6, 6.07) is 18.4. The first-order chi connectivity index (χ1) is 13.7. The van der Waals surface area contributed by atoms with E-state index in [0.29, 0.717) is 11.8 Å². The zero-order valence-corrected chi connectivity index (χ0v) is 17.1. The Hall–Kier alpha value is -2.60. The Morgan fingerprint density at radius 2 is 1.64 bits per heavy atom. The van der Waals surface area contributed by atoms with Crippen LogP contribution in [-0.4, -0.2) is 0 Å². The molecule has 28 heavy (non-hydrogen) atoms. The highest BCUT2D eigenvalue weighted by Gasteiger charge is 2.48. The summed E-state index contributed by atoms with van der Waals surface area (Å²) < 4.78 is 0. The Bertz CT molecular complexity index is 1010. The van der Waals surface area contributed by atoms with Crippen LogP contribution < -0.4 is 0 Å². The Morgan fingerprint density at radius 3 is 2.25 bits per heavy atom. The SMILES string of the molecule is C/C=C\C1=CC2(C3=C1C=CC(C)C3)c1ccccc1C(CC)c1ccccc12. The van der Waals surface area contributed by atoms with Gasteiger partial charge in [0.1, 0.15) is 0 Å². The molecule has 0 aromatic heterocycles. The van der Waals surface area contributed by atoms with Gasteiger partial charge >= 0.3 is 0 Å². The van der Waals surface area contributed by atoms with Crippen LogP contribution in [0.25, 0.3) is 0 Å². The van der Waals surface area contributed by atoms with E-state index in [0.717, 1.165) is 12.8 Å². The van der Waals surface area contributed by atoms with E-state index in [1.165, 1.54) is 33.4 Å². The predicted octanol–water partition coefficient (Wildman–Crippen LogP) is 7.24. The normalized spacial score (nSPS) is 27.8. The maximum Gasteiger partial charge on any atom is 0.0615 e. The molecule has 5 rings (SSSR count). The van der Waals surface area contributed by atoms with Gasteiger partial charge in [-0.15, -0.1) is 0 Å². The number of hydrogen-bond donors (Lipinski definition) is 0. The minimum absolute atomic E-state index is 0.123. The number of fused-ring (bicyclic) bond motifs is 5. The minimum atomic E-state index is -0.123. The Morgan fingerprint density at radius 1 is 1.00 bits per heavy atom. The van der Waals surface area contributed by atoms with E-state index in [2.05, 4.69) is 99.7 Å². The fourth-order valence-corrected chi connectivity index (χ4v) is 5.77. The number of allylic oxidation sites excluding steroid dienone is 8. The van der Waals surface area contributed by atoms with Crippen LogP contribution in [0.2, 0.25) is 0 Å². The van der Waals surface area contributed by atoms with Gasteiger partial charge in [-0.05, 0) is 64.7 Å². The highest BCUT2D eigenvalue weighted by molar-refractivity contribution is 5.73. The van der Waals surface area contributed by atoms with Gasteiger partial charge in [-0.2, -0.15) is 0 Å². The van der Waals surface area contributed by atoms with Crippen LogP contribution in [-0.2, 0) is 5.41 Å². The molecule has 3 aliphatic carbocycles. The third-order valence-corrected chi connectivity index (χ3v) is 6.88. The summed E-state index contributed by atoms with van der Waals surface area (Å²) in [4.78, 5) is 0. The molecule has 1 atom stereocenters. The Balaban J connectivity index is 1.90. The van der Waals surface area contributed by atoms with Gasteiger partial charge in [0.05, 0.1) is 5.41 Å². The minimum Gasteiger partial charge on any atom is -0.0871 e. The van der Waals surface area contributed by atoms with Crippen molar-refractivity contribution < 1.29 is 0 Å². The van der Waals surface area contributed by atoms with Gasteiger partial charge in [-0.1, -0.05) is 92.8 Å². The van der Waals surface area contributed by atoms with Crippen LogP contribution in [0.1, 0.15) is 61.8 Å². The monoisotopic (exact) mass is 364 g/mol. The van der Waals surface area contributed by atoms with Crippen molar-refractivity contribution in [3.05, 3.63) is 118 Å². The van der Waals surface area contributed by atoms with Crippen LogP contribution in [0, 0.1) is 5.92 Å². The van der Waals surface area contributed by atoms with Gasteiger partial charge in [0.15, 0.2) is 0 Å². The zero-order chi connectivity index (χ0) is 19.3. The van der Waals surface area contributed by atoms with Crippen molar-refractivity contribution in [2.24, 2.45) is 5.92 Å². The van der Waals surface area contributed by atoms with Gasteiger partial charge in [0, 0.05) is 5.92 Å². The van der Waals surface area contributed by atoms with Crippen molar-refractivity contribution in [1.29, 1.82) is 0 Å². The number of rotatable bonds is 2. The first-order valence-corrected chi connectivity index (χ1v) is 10.7. The van der Waals surface area contributed by atoms with Gasteiger partial charge in [0.25, 0.3) is 0 Å². The molecule has 0 nitrogen and oxygen atoms in total. The molecule has 0 fully saturated rings. The summed E-state index contributed by atoms with van der Waals surface area (Å²) in [7, 11) is 0. The first kappa shape index (κ1) is 17.5. The van der Waals surface area contributed by atoms with Crippen LogP contribution in [0.5, 0.6) is 0 Å². The summed E-state index contributed by atoms with van der Waals surface area (Å²) >= 11 is 0. The average Bonchev–Trinajstić information content (AvgIpc) is 3.03. The molecule has 0 saturated carbocycles. The van der Waals surface area contributed by atoms with Crippen molar-refractivity contribution in [1.82, 2.24) is 0 Å². The summed E-state index contributed by atoms with van der Waals surface area (Å²) in [5.41, 5.74) is 10.3. The second-order valence-electron chi connectivity index (χ2n) is 8.48. The number of hydrogen-bond acceptors (Lipinski definition) is 0. The van der Waals surface area contributed by atoms with Gasteiger partial charge in [0.2, 0.25) is 0 Å². The fourth-order valence-electron chi connectivity index (χ4n) is 5.77. The van der Waals surface area contributed by atoms with Crippen LogP contribution in [0.4, 0.5) is 0 Å². The van der Waals surface area contributed by atoms with Crippen molar-refractivity contribution >= 4 is 0 Å². The maximum absolute atomic E-state index is 2.56. The summed E-state index contributed by atoms with van der Waals surface area (Å²) in [6.45, 7) is 6.79. The summed E-state index contributed by atoms with van der Waals surface area (Å²) in [5, 5.41) is 0. The largest absolute Gasteiger partial charge is 0.0871 e. The number of benzene rings is 2. The Labute approximate surface area is 169 Å². The quantitative estimate of drug-likeness (QED) is 0.527. The molecule has 140 valence electrons. The second-order valence-corrected chi connectivity index (χ2v) is 8.48. The average molecular weight is 365 g/mol. The van der Waals surface area contributed by atoms with Crippen molar-refractivity contribution in [2.45, 2.75) is 44.9 Å². The molecule has 2 aromatic carbocycles. The van der Waals surface area contributed by atoms with Gasteiger partial charge in [-0.3, -0.25) is 0 Å². The highest BCUT2D eigenvalue weighted by atomic mass is 14.5. The molecule has 0 aliphatic heterocycles. The molecule has 0 saturated heterocycles. The van der Waals surface area contributed by atoms with Crippen LogP contribution >= 0.6 is 0 Å². The van der Waals surface area contributed by atoms with Crippen LogP contribution in [0.15, 0.2) is 95.6 Å². The summed E-state index contributed by atoms with van der Waals surface area (Å²) in [6.07, 6.45) is 14.1. The first-order valence-electron chi connectivity index (χ1n) is 10.7. The molecule has 0 N–H and O–H groups in total. The van der Waals surface area contributed by atoms with Crippen molar-refractivity contribution in [3.8, 4) is 0 Å². The summed E-state index contributed by atoms with van der Waals surface area (Å²) in [5.74, 6) is 1.06. The van der Waals surface area contributed by atoms with Gasteiger partial charge in [-0.25, -0.2) is 0 Å². The van der Waals surface area contributed by atoms with E-state index in [-0.39, 0.29) is 5.41 Å². The molecule has 1 unspecified atom stereocenters. The lowest BCUT2D eigenvalue weighted by Crippen LogP contribution is -2.35. The highest BCUT2D eigenvalue weighted by Crippen LogP contribution is 2.58. The predicted molar refractivity (Wildman–Crippen MR) is 119 cm³/mol. The van der Waals surface area contributed by atoms with Crippen molar-refractivity contribution in [3.63, 3.8) is 0 Å². The van der Waals surface area contributed by atoms with E-state index in [9.17, 15) is 0 Å². The topological polar surface area (TPSA) is 0 Å². The molecule has 0 bridgehead atoms. The van der Waals surface area contributed by atoms with E-state index >= 15 is 0 Å². The molecule has 1 spiro atoms. The second kappa shape index (κ2) is 6.48. The lowest BCUT2D eigenvalue weighted by atomic mass is 9.59. The molecular formula is C28H28. The molecule has 0 heterocycles. The third kappa shape index (κ3) is 2.24. The molecule has 0 heteroatoms. The van der Waals surface area contributed by atoms with E-state index in [4.69, 9.17) is 0 Å². The zero-order valence-electron chi connectivity index (χ0n) is 17.1. The molecule has 0 radical (unpaired) electrons. The fraction of sp³-hybridized carbons (Fsp3) is 0.286. The van der Waals surface area contributed by atoms with Crippen LogP contribution in [0.3, 0.4) is 0 Å². The molecule has 3 aliphatic rings. The van der Waals surface area contributed by atoms with Crippen molar-refractivity contribution in [2.75, 3.05) is 0 Å². The third-order valence-electron chi connectivity index (χ3n) is 6.88. The smallest absolute Gasteiger partial charge is 0.0615 e. The molecule has 0 amide bonds. The van der Waals surface area contributed by atoms with E-state index < -0.39 is 0 Å². The lowest BCUT2D eigenvalue weighted by Gasteiger charge is -2.43. The molecular weight excluding hydrogens is 336 g/mol. The standard InChI is InChI=1S/C28H28/c1-4-10-20-18-28(27-17-19(3)15-16-22(20)27)25-13-8-6-11-23(25)21(5-2)24-12-7-9-14-26(24)28/h4,6-16,18-19,21H,5,17H2,1-3H3/b10-4-. The lowest BCUT2D eigenvalue weighted by molar-refractivity contribution is 0.590. The van der Waals surface area contributed by atoms with E-state index in [1.54, 1.807) is 5.57 Å². The van der Waals surface area contributed by atoms with Gasteiger partial charge < -0.3 is 0 Å². The van der Waals surface area contributed by atoms with E-state index in [1.807, 2.05) is 0 Å². The maximum atomic E-state index is 2.56.